The highest BCUT2D eigenvalue weighted by Gasteiger charge is 2.33. The zero-order valence-corrected chi connectivity index (χ0v) is 20.4. The van der Waals surface area contributed by atoms with E-state index in [9.17, 15) is 10.1 Å². The molecule has 0 saturated carbocycles. The summed E-state index contributed by atoms with van der Waals surface area (Å²) in [4.78, 5) is 12.9. The van der Waals surface area contributed by atoms with E-state index in [2.05, 4.69) is 22.0 Å². The molecule has 0 fully saturated rings. The lowest BCUT2D eigenvalue weighted by Crippen LogP contribution is -2.21. The maximum absolute atomic E-state index is 12.9. The van der Waals surface area contributed by atoms with E-state index in [1.54, 1.807) is 38.3 Å². The van der Waals surface area contributed by atoms with Crippen LogP contribution in [0.3, 0.4) is 0 Å². The Balaban J connectivity index is 1.51. The van der Waals surface area contributed by atoms with Crippen LogP contribution in [0.2, 0.25) is 0 Å². The summed E-state index contributed by atoms with van der Waals surface area (Å²) in [6, 6.07) is 20.1. The van der Waals surface area contributed by atoms with Gasteiger partial charge in [-0.2, -0.15) is 5.26 Å². The SMILES string of the molecule is COc1ccccc1C1C(C#N)=C(N)Oc2cc(OC(=O)c3oc4ccc(Br)cc4c3C)ccc21. The lowest BCUT2D eigenvalue weighted by atomic mass is 9.83. The van der Waals surface area contributed by atoms with Crippen molar-refractivity contribution >= 4 is 32.9 Å². The Hall–Kier alpha value is -4.22. The van der Waals surface area contributed by atoms with Crippen molar-refractivity contribution in [1.29, 1.82) is 5.26 Å². The summed E-state index contributed by atoms with van der Waals surface area (Å²) in [5.74, 6) is 0.227. The number of ether oxygens (including phenoxy) is 3. The van der Waals surface area contributed by atoms with E-state index >= 15 is 0 Å². The maximum atomic E-state index is 12.9. The Bertz CT molecular complexity index is 1560. The second-order valence-electron chi connectivity index (χ2n) is 7.95. The molecule has 3 aromatic carbocycles. The number of para-hydroxylation sites is 1. The lowest BCUT2D eigenvalue weighted by molar-refractivity contribution is 0.0702. The van der Waals surface area contributed by atoms with Gasteiger partial charge in [0.1, 0.15) is 34.5 Å². The molecule has 7 nitrogen and oxygen atoms in total. The summed E-state index contributed by atoms with van der Waals surface area (Å²) in [5.41, 5.74) is 9.13. The maximum Gasteiger partial charge on any atom is 0.379 e. The molecule has 1 aromatic heterocycles. The van der Waals surface area contributed by atoms with E-state index in [1.807, 2.05) is 36.4 Å². The first-order chi connectivity index (χ1) is 16.9. The minimum atomic E-state index is -0.631. The summed E-state index contributed by atoms with van der Waals surface area (Å²) >= 11 is 3.43. The molecule has 2 N–H and O–H groups in total. The van der Waals surface area contributed by atoms with Gasteiger partial charge in [0.25, 0.3) is 0 Å². The first-order valence-electron chi connectivity index (χ1n) is 10.7. The highest BCUT2D eigenvalue weighted by molar-refractivity contribution is 9.10. The molecule has 35 heavy (non-hydrogen) atoms. The van der Waals surface area contributed by atoms with Gasteiger partial charge >= 0.3 is 5.97 Å². The molecule has 0 aliphatic carbocycles. The minimum Gasteiger partial charge on any atom is -0.496 e. The van der Waals surface area contributed by atoms with Crippen LogP contribution < -0.4 is 19.9 Å². The molecule has 5 rings (SSSR count). The highest BCUT2D eigenvalue weighted by Crippen LogP contribution is 2.45. The highest BCUT2D eigenvalue weighted by atomic mass is 79.9. The Labute approximate surface area is 209 Å². The molecule has 2 heterocycles. The summed E-state index contributed by atoms with van der Waals surface area (Å²) in [5, 5.41) is 10.6. The summed E-state index contributed by atoms with van der Waals surface area (Å²) in [7, 11) is 1.57. The summed E-state index contributed by atoms with van der Waals surface area (Å²) < 4.78 is 23.5. The number of nitrogens with two attached hydrogens (primary N) is 1. The number of benzene rings is 3. The average Bonchev–Trinajstić information content (AvgIpc) is 3.18. The smallest absolute Gasteiger partial charge is 0.379 e. The molecule has 1 aliphatic heterocycles. The van der Waals surface area contributed by atoms with E-state index in [1.165, 1.54) is 0 Å². The number of hydrogen-bond acceptors (Lipinski definition) is 7. The summed E-state index contributed by atoms with van der Waals surface area (Å²) in [6.45, 7) is 1.80. The Kier molecular flexibility index (Phi) is 5.71. The number of fused-ring (bicyclic) bond motifs is 2. The average molecular weight is 531 g/mol. The van der Waals surface area contributed by atoms with E-state index in [0.717, 1.165) is 15.4 Å². The zero-order chi connectivity index (χ0) is 24.7. The molecule has 0 saturated heterocycles. The minimum absolute atomic E-state index is 0.0157. The van der Waals surface area contributed by atoms with Crippen LogP contribution in [0.4, 0.5) is 0 Å². The number of allylic oxidation sites excluding steroid dienone is 1. The lowest BCUT2D eigenvalue weighted by Gasteiger charge is -2.27. The second kappa shape index (κ2) is 8.85. The van der Waals surface area contributed by atoms with E-state index < -0.39 is 11.9 Å². The van der Waals surface area contributed by atoms with Crippen molar-refractivity contribution in [2.24, 2.45) is 5.73 Å². The number of hydrogen-bond donors (Lipinski definition) is 1. The number of aryl methyl sites for hydroxylation is 1. The first kappa shape index (κ1) is 22.6. The van der Waals surface area contributed by atoms with Gasteiger partial charge in [-0.15, -0.1) is 0 Å². The number of nitrogens with zero attached hydrogens (tertiary/aromatic N) is 1. The Morgan fingerprint density at radius 2 is 1.91 bits per heavy atom. The topological polar surface area (TPSA) is 108 Å². The van der Waals surface area contributed by atoms with Gasteiger partial charge in [0.2, 0.25) is 11.6 Å². The van der Waals surface area contributed by atoms with Crippen LogP contribution in [0.1, 0.15) is 33.2 Å². The first-order valence-corrected chi connectivity index (χ1v) is 11.5. The Morgan fingerprint density at radius 3 is 2.69 bits per heavy atom. The van der Waals surface area contributed by atoms with Crippen molar-refractivity contribution < 1.29 is 23.4 Å². The normalized spacial score (nSPS) is 14.7. The molecule has 8 heteroatoms. The molecule has 174 valence electrons. The largest absolute Gasteiger partial charge is 0.496 e. The van der Waals surface area contributed by atoms with Crippen LogP contribution in [-0.2, 0) is 0 Å². The van der Waals surface area contributed by atoms with Crippen molar-refractivity contribution in [3.8, 4) is 23.3 Å². The van der Waals surface area contributed by atoms with Crippen LogP contribution in [0.5, 0.6) is 17.2 Å². The van der Waals surface area contributed by atoms with Crippen LogP contribution in [-0.4, -0.2) is 13.1 Å². The summed E-state index contributed by atoms with van der Waals surface area (Å²) in [6.07, 6.45) is 0. The van der Waals surface area contributed by atoms with Crippen LogP contribution in [0.25, 0.3) is 11.0 Å². The van der Waals surface area contributed by atoms with Crippen molar-refractivity contribution in [2.75, 3.05) is 7.11 Å². The van der Waals surface area contributed by atoms with Gasteiger partial charge in [0, 0.05) is 32.6 Å². The second-order valence-corrected chi connectivity index (χ2v) is 8.87. The number of halogens is 1. The standard InChI is InChI=1S/C27H19BrN2O5/c1-14-19-11-15(28)7-10-22(19)34-25(14)27(31)33-16-8-9-18-23(12-16)35-26(30)20(13-29)24(18)17-5-3-4-6-21(17)32-2/h3-12,24H,30H2,1-2H3. The van der Waals surface area contributed by atoms with Crippen molar-refractivity contribution in [2.45, 2.75) is 12.8 Å². The number of methoxy groups -OCH3 is 1. The molecule has 1 atom stereocenters. The molecule has 0 spiro atoms. The third-order valence-corrected chi connectivity index (χ3v) is 6.43. The molecule has 0 radical (unpaired) electrons. The van der Waals surface area contributed by atoms with Gasteiger partial charge in [-0.05, 0) is 37.3 Å². The van der Waals surface area contributed by atoms with Gasteiger partial charge in [0.05, 0.1) is 13.0 Å². The van der Waals surface area contributed by atoms with Gasteiger partial charge < -0.3 is 24.4 Å². The van der Waals surface area contributed by atoms with Gasteiger partial charge in [-0.25, -0.2) is 4.79 Å². The number of carbonyl (C=O) groups excluding carboxylic acids is 1. The number of furan rings is 1. The number of rotatable bonds is 4. The molecule has 0 bridgehead atoms. The van der Waals surface area contributed by atoms with E-state index in [0.29, 0.717) is 28.2 Å². The van der Waals surface area contributed by atoms with E-state index in [4.69, 9.17) is 24.4 Å². The third-order valence-electron chi connectivity index (χ3n) is 5.93. The monoisotopic (exact) mass is 530 g/mol. The van der Waals surface area contributed by atoms with Crippen molar-refractivity contribution in [3.63, 3.8) is 0 Å². The number of esters is 1. The quantitative estimate of drug-likeness (QED) is 0.256. The zero-order valence-electron chi connectivity index (χ0n) is 18.8. The Morgan fingerprint density at radius 1 is 1.11 bits per heavy atom. The fourth-order valence-corrected chi connectivity index (χ4v) is 4.63. The molecular formula is C27H19BrN2O5. The van der Waals surface area contributed by atoms with Crippen molar-refractivity contribution in [3.05, 3.63) is 99.0 Å². The van der Waals surface area contributed by atoms with E-state index in [-0.39, 0.29) is 23.0 Å². The fourth-order valence-electron chi connectivity index (χ4n) is 4.27. The molecule has 1 unspecified atom stereocenters. The van der Waals surface area contributed by atoms with Crippen LogP contribution >= 0.6 is 15.9 Å². The third kappa shape index (κ3) is 3.90. The van der Waals surface area contributed by atoms with Gasteiger partial charge in [0.15, 0.2) is 0 Å². The fraction of sp³-hybridized carbons (Fsp3) is 0.111. The van der Waals surface area contributed by atoms with Crippen molar-refractivity contribution in [1.82, 2.24) is 0 Å². The molecular weight excluding hydrogens is 512 g/mol. The number of carbonyl (C=O) groups is 1. The van der Waals surface area contributed by atoms with Gasteiger partial charge in [-0.3, -0.25) is 0 Å². The predicted molar refractivity (Wildman–Crippen MR) is 132 cm³/mol. The molecule has 1 aliphatic rings. The van der Waals surface area contributed by atoms with Gasteiger partial charge in [-0.1, -0.05) is 40.2 Å². The van der Waals surface area contributed by atoms with Crippen LogP contribution in [0, 0.1) is 18.3 Å². The molecule has 0 amide bonds. The predicted octanol–water partition coefficient (Wildman–Crippen LogP) is 5.95. The van der Waals surface area contributed by atoms with Crippen LogP contribution in [0.15, 0.2) is 81.0 Å². The molecule has 4 aromatic rings. The number of nitriles is 1.